The van der Waals surface area contributed by atoms with Crippen molar-refractivity contribution in [1.82, 2.24) is 15.2 Å². The maximum absolute atomic E-state index is 4.12. The molecule has 1 aliphatic carbocycles. The lowest BCUT2D eigenvalue weighted by Crippen LogP contribution is -2.39. The Hall–Kier alpha value is -0.930. The molecule has 1 fully saturated rings. The van der Waals surface area contributed by atoms with Crippen LogP contribution in [0, 0.1) is 0 Å². The molecule has 0 aromatic carbocycles. The van der Waals surface area contributed by atoms with E-state index in [1.54, 1.807) is 0 Å². The predicted octanol–water partition coefficient (Wildman–Crippen LogP) is 1.70. The van der Waals surface area contributed by atoms with E-state index in [4.69, 9.17) is 0 Å². The largest absolute Gasteiger partial charge is 0.315 e. The van der Waals surface area contributed by atoms with Crippen LogP contribution in [0.3, 0.4) is 0 Å². The van der Waals surface area contributed by atoms with Crippen molar-refractivity contribution in [2.75, 3.05) is 20.1 Å². The van der Waals surface area contributed by atoms with Crippen LogP contribution in [-0.2, 0) is 6.42 Å². The van der Waals surface area contributed by atoms with Crippen molar-refractivity contribution in [3.05, 3.63) is 30.1 Å². The van der Waals surface area contributed by atoms with E-state index in [1.165, 1.54) is 18.4 Å². The summed E-state index contributed by atoms with van der Waals surface area (Å²) in [6.07, 6.45) is 7.60. The molecule has 1 N–H and O–H groups in total. The minimum Gasteiger partial charge on any atom is -0.315 e. The summed E-state index contributed by atoms with van der Waals surface area (Å²) in [4.78, 5) is 6.62. The fraction of sp³-hybridized carbons (Fsp3) is 0.643. The van der Waals surface area contributed by atoms with Gasteiger partial charge in [0, 0.05) is 31.0 Å². The SMILES string of the molecule is CC(CNCCc1cccnc1)N(C)C1CC1. The molecule has 1 aromatic rings. The molecule has 0 spiro atoms. The second-order valence-corrected chi connectivity index (χ2v) is 5.06. The molecule has 1 atom stereocenters. The Kier molecular flexibility index (Phi) is 4.51. The highest BCUT2D eigenvalue weighted by molar-refractivity contribution is 5.08. The van der Waals surface area contributed by atoms with Gasteiger partial charge < -0.3 is 5.32 Å². The Morgan fingerprint density at radius 3 is 3.00 bits per heavy atom. The zero-order valence-electron chi connectivity index (χ0n) is 10.9. The van der Waals surface area contributed by atoms with E-state index in [9.17, 15) is 0 Å². The van der Waals surface area contributed by atoms with E-state index in [1.807, 2.05) is 18.5 Å². The average molecular weight is 233 g/mol. The zero-order chi connectivity index (χ0) is 12.1. The fourth-order valence-corrected chi connectivity index (χ4v) is 2.08. The maximum Gasteiger partial charge on any atom is 0.0300 e. The highest BCUT2D eigenvalue weighted by atomic mass is 15.2. The lowest BCUT2D eigenvalue weighted by atomic mass is 10.2. The molecule has 94 valence electrons. The highest BCUT2D eigenvalue weighted by Crippen LogP contribution is 2.26. The first-order chi connectivity index (χ1) is 8.27. The second-order valence-electron chi connectivity index (χ2n) is 5.06. The Bertz CT molecular complexity index is 321. The van der Waals surface area contributed by atoms with Gasteiger partial charge >= 0.3 is 0 Å². The highest BCUT2D eigenvalue weighted by Gasteiger charge is 2.28. The average Bonchev–Trinajstić information content (AvgIpc) is 3.19. The summed E-state index contributed by atoms with van der Waals surface area (Å²) in [7, 11) is 2.24. The van der Waals surface area contributed by atoms with E-state index in [2.05, 4.69) is 35.2 Å². The third-order valence-electron chi connectivity index (χ3n) is 3.57. The Morgan fingerprint density at radius 2 is 2.35 bits per heavy atom. The third-order valence-corrected chi connectivity index (χ3v) is 3.57. The van der Waals surface area contributed by atoms with Crippen LogP contribution in [0.5, 0.6) is 0 Å². The van der Waals surface area contributed by atoms with Crippen LogP contribution >= 0.6 is 0 Å². The monoisotopic (exact) mass is 233 g/mol. The fourth-order valence-electron chi connectivity index (χ4n) is 2.08. The first-order valence-corrected chi connectivity index (χ1v) is 6.59. The number of pyridine rings is 1. The Labute approximate surface area is 104 Å². The summed E-state index contributed by atoms with van der Waals surface area (Å²) in [5.74, 6) is 0. The van der Waals surface area contributed by atoms with Crippen LogP contribution < -0.4 is 5.32 Å². The molecule has 0 amide bonds. The zero-order valence-corrected chi connectivity index (χ0v) is 10.9. The summed E-state index contributed by atoms with van der Waals surface area (Å²) in [6, 6.07) is 5.62. The van der Waals surface area contributed by atoms with Gasteiger partial charge in [-0.1, -0.05) is 6.07 Å². The van der Waals surface area contributed by atoms with Crippen molar-refractivity contribution in [2.45, 2.75) is 38.3 Å². The standard InChI is InChI=1S/C14H23N3/c1-12(17(2)14-5-6-14)10-16-9-7-13-4-3-8-15-11-13/h3-4,8,11-12,14,16H,5-7,9-10H2,1-2H3. The smallest absolute Gasteiger partial charge is 0.0300 e. The molecule has 3 heteroatoms. The molecule has 1 saturated carbocycles. The number of hydrogen-bond donors (Lipinski definition) is 1. The molecule has 0 bridgehead atoms. The molecular formula is C14H23N3. The van der Waals surface area contributed by atoms with Gasteiger partial charge in [0.15, 0.2) is 0 Å². The minimum atomic E-state index is 0.636. The van der Waals surface area contributed by atoms with Crippen LogP contribution in [0.25, 0.3) is 0 Å². The molecule has 2 rings (SSSR count). The summed E-state index contributed by atoms with van der Waals surface area (Å²) in [6.45, 7) is 4.41. The molecular weight excluding hydrogens is 210 g/mol. The van der Waals surface area contributed by atoms with E-state index >= 15 is 0 Å². The Balaban J connectivity index is 1.59. The van der Waals surface area contributed by atoms with Crippen molar-refractivity contribution >= 4 is 0 Å². The number of rotatable bonds is 7. The molecule has 1 unspecified atom stereocenters. The minimum absolute atomic E-state index is 0.636. The van der Waals surface area contributed by atoms with E-state index in [0.29, 0.717) is 6.04 Å². The number of aromatic nitrogens is 1. The van der Waals surface area contributed by atoms with Gasteiger partial charge in [-0.2, -0.15) is 0 Å². The van der Waals surface area contributed by atoms with Gasteiger partial charge in [0.1, 0.15) is 0 Å². The van der Waals surface area contributed by atoms with E-state index in [0.717, 1.165) is 25.6 Å². The van der Waals surface area contributed by atoms with Crippen molar-refractivity contribution in [1.29, 1.82) is 0 Å². The first-order valence-electron chi connectivity index (χ1n) is 6.59. The summed E-state index contributed by atoms with van der Waals surface area (Å²) in [5.41, 5.74) is 1.31. The molecule has 0 radical (unpaired) electrons. The first kappa shape index (κ1) is 12.5. The summed E-state index contributed by atoms with van der Waals surface area (Å²) < 4.78 is 0. The molecule has 1 aliphatic rings. The summed E-state index contributed by atoms with van der Waals surface area (Å²) in [5, 5.41) is 3.53. The number of nitrogens with zero attached hydrogens (tertiary/aromatic N) is 2. The molecule has 3 nitrogen and oxygen atoms in total. The second kappa shape index (κ2) is 6.12. The lowest BCUT2D eigenvalue weighted by molar-refractivity contribution is 0.241. The normalized spacial score (nSPS) is 17.4. The molecule has 17 heavy (non-hydrogen) atoms. The van der Waals surface area contributed by atoms with E-state index in [-0.39, 0.29) is 0 Å². The van der Waals surface area contributed by atoms with Crippen molar-refractivity contribution < 1.29 is 0 Å². The van der Waals surface area contributed by atoms with E-state index < -0.39 is 0 Å². The van der Waals surface area contributed by atoms with Crippen molar-refractivity contribution in [3.8, 4) is 0 Å². The van der Waals surface area contributed by atoms with Crippen LogP contribution in [0.2, 0.25) is 0 Å². The maximum atomic E-state index is 4.12. The number of likely N-dealkylation sites (N-methyl/N-ethyl adjacent to an activating group) is 1. The van der Waals surface area contributed by atoms with Crippen LogP contribution in [0.4, 0.5) is 0 Å². The van der Waals surface area contributed by atoms with Gasteiger partial charge in [0.05, 0.1) is 0 Å². The third kappa shape index (κ3) is 4.10. The van der Waals surface area contributed by atoms with Gasteiger partial charge in [0.25, 0.3) is 0 Å². The van der Waals surface area contributed by atoms with Gasteiger partial charge in [-0.05, 0) is 51.4 Å². The topological polar surface area (TPSA) is 28.2 Å². The van der Waals surface area contributed by atoms with Crippen molar-refractivity contribution in [2.24, 2.45) is 0 Å². The molecule has 0 aliphatic heterocycles. The lowest BCUT2D eigenvalue weighted by Gasteiger charge is -2.24. The molecule has 1 heterocycles. The van der Waals surface area contributed by atoms with Gasteiger partial charge in [-0.15, -0.1) is 0 Å². The van der Waals surface area contributed by atoms with Crippen LogP contribution in [0.15, 0.2) is 24.5 Å². The van der Waals surface area contributed by atoms with Gasteiger partial charge in [0.2, 0.25) is 0 Å². The van der Waals surface area contributed by atoms with Crippen LogP contribution in [0.1, 0.15) is 25.3 Å². The van der Waals surface area contributed by atoms with Crippen LogP contribution in [-0.4, -0.2) is 42.1 Å². The molecule has 0 saturated heterocycles. The Morgan fingerprint density at radius 1 is 1.53 bits per heavy atom. The number of nitrogens with one attached hydrogen (secondary N) is 1. The molecule has 1 aromatic heterocycles. The van der Waals surface area contributed by atoms with Gasteiger partial charge in [-0.3, -0.25) is 9.88 Å². The quantitative estimate of drug-likeness (QED) is 0.727. The summed E-state index contributed by atoms with van der Waals surface area (Å²) >= 11 is 0. The number of hydrogen-bond acceptors (Lipinski definition) is 3. The van der Waals surface area contributed by atoms with Crippen molar-refractivity contribution in [3.63, 3.8) is 0 Å². The van der Waals surface area contributed by atoms with Gasteiger partial charge in [-0.25, -0.2) is 0 Å². The predicted molar refractivity (Wildman–Crippen MR) is 71.1 cm³/mol.